The number of nitrogens with one attached hydrogen (secondary N) is 1. The van der Waals surface area contributed by atoms with E-state index in [2.05, 4.69) is 21.9 Å². The van der Waals surface area contributed by atoms with Crippen molar-refractivity contribution in [1.82, 2.24) is 10.2 Å². The third-order valence-electron chi connectivity index (χ3n) is 3.30. The third-order valence-corrected chi connectivity index (χ3v) is 3.30. The molecule has 1 heterocycles. The Labute approximate surface area is 113 Å². The van der Waals surface area contributed by atoms with Crippen molar-refractivity contribution in [2.45, 2.75) is 44.8 Å². The highest BCUT2D eigenvalue weighted by Gasteiger charge is 2.27. The van der Waals surface area contributed by atoms with Gasteiger partial charge in [-0.25, -0.2) is 0 Å². The van der Waals surface area contributed by atoms with Gasteiger partial charge in [0.05, 0.1) is 0 Å². The summed E-state index contributed by atoms with van der Waals surface area (Å²) in [7, 11) is 0. The van der Waals surface area contributed by atoms with Crippen LogP contribution in [0.25, 0.3) is 0 Å². The normalized spacial score (nSPS) is 21.0. The number of hydrogen-bond acceptors (Lipinski definition) is 3. The number of rotatable bonds is 8. The fourth-order valence-corrected chi connectivity index (χ4v) is 2.47. The zero-order valence-corrected chi connectivity index (χ0v) is 11.6. The summed E-state index contributed by atoms with van der Waals surface area (Å²) < 4.78 is 40.4. The van der Waals surface area contributed by atoms with Crippen molar-refractivity contribution in [1.29, 1.82) is 0 Å². The molecule has 0 amide bonds. The highest BCUT2D eigenvalue weighted by Crippen LogP contribution is 2.15. The largest absolute Gasteiger partial charge is 0.411 e. The SMILES string of the molecule is CCCN(CCCOCC(F)(F)F)C1CCCNC1. The molecule has 0 aromatic rings. The number of hydrogen-bond donors (Lipinski definition) is 1. The van der Waals surface area contributed by atoms with Crippen LogP contribution in [0.4, 0.5) is 13.2 Å². The van der Waals surface area contributed by atoms with Crippen molar-refractivity contribution in [3.8, 4) is 0 Å². The smallest absolute Gasteiger partial charge is 0.372 e. The molecule has 19 heavy (non-hydrogen) atoms. The summed E-state index contributed by atoms with van der Waals surface area (Å²) >= 11 is 0. The van der Waals surface area contributed by atoms with E-state index in [0.29, 0.717) is 12.5 Å². The number of halogens is 3. The number of piperidine rings is 1. The Morgan fingerprint density at radius 1 is 1.32 bits per heavy atom. The van der Waals surface area contributed by atoms with Gasteiger partial charge in [0.1, 0.15) is 6.61 Å². The Hall–Kier alpha value is -0.330. The van der Waals surface area contributed by atoms with E-state index in [1.807, 2.05) is 0 Å². The van der Waals surface area contributed by atoms with E-state index in [1.54, 1.807) is 0 Å². The molecule has 1 aliphatic rings. The second kappa shape index (κ2) is 8.76. The lowest BCUT2D eigenvalue weighted by Crippen LogP contribution is -2.46. The molecule has 0 spiro atoms. The van der Waals surface area contributed by atoms with Crippen LogP contribution in [0.2, 0.25) is 0 Å². The first-order valence-electron chi connectivity index (χ1n) is 7.12. The van der Waals surface area contributed by atoms with Crippen LogP contribution in [0.5, 0.6) is 0 Å². The molecule has 1 atom stereocenters. The van der Waals surface area contributed by atoms with Gasteiger partial charge in [-0.3, -0.25) is 4.90 Å². The van der Waals surface area contributed by atoms with E-state index in [1.165, 1.54) is 12.8 Å². The quantitative estimate of drug-likeness (QED) is 0.692. The summed E-state index contributed by atoms with van der Waals surface area (Å²) in [5.41, 5.74) is 0. The van der Waals surface area contributed by atoms with Gasteiger partial charge < -0.3 is 10.1 Å². The molecule has 1 fully saturated rings. The van der Waals surface area contributed by atoms with Gasteiger partial charge in [-0.15, -0.1) is 0 Å². The topological polar surface area (TPSA) is 24.5 Å². The highest BCUT2D eigenvalue weighted by molar-refractivity contribution is 4.78. The summed E-state index contributed by atoms with van der Waals surface area (Å²) in [6.07, 6.45) is -0.130. The molecular formula is C13H25F3N2O. The zero-order valence-electron chi connectivity index (χ0n) is 11.6. The van der Waals surface area contributed by atoms with Crippen LogP contribution in [0.3, 0.4) is 0 Å². The predicted molar refractivity (Wildman–Crippen MR) is 69.2 cm³/mol. The van der Waals surface area contributed by atoms with E-state index in [0.717, 1.165) is 32.6 Å². The molecule has 0 aromatic carbocycles. The van der Waals surface area contributed by atoms with Crippen LogP contribution >= 0.6 is 0 Å². The van der Waals surface area contributed by atoms with E-state index >= 15 is 0 Å². The molecule has 1 saturated heterocycles. The Morgan fingerprint density at radius 3 is 2.68 bits per heavy atom. The summed E-state index contributed by atoms with van der Waals surface area (Å²) in [5, 5.41) is 3.37. The molecule has 1 aliphatic heterocycles. The minimum absolute atomic E-state index is 0.180. The molecule has 0 aromatic heterocycles. The van der Waals surface area contributed by atoms with Crippen LogP contribution in [-0.2, 0) is 4.74 Å². The molecule has 1 N–H and O–H groups in total. The third kappa shape index (κ3) is 7.74. The fourth-order valence-electron chi connectivity index (χ4n) is 2.47. The van der Waals surface area contributed by atoms with Crippen molar-refractivity contribution in [3.63, 3.8) is 0 Å². The molecule has 6 heteroatoms. The van der Waals surface area contributed by atoms with Gasteiger partial charge in [0, 0.05) is 25.7 Å². The van der Waals surface area contributed by atoms with Crippen LogP contribution in [0, 0.1) is 0 Å². The molecule has 3 nitrogen and oxygen atoms in total. The summed E-state index contributed by atoms with van der Waals surface area (Å²) in [6, 6.07) is 0.524. The average molecular weight is 282 g/mol. The maximum absolute atomic E-state index is 11.9. The summed E-state index contributed by atoms with van der Waals surface area (Å²) in [5.74, 6) is 0. The van der Waals surface area contributed by atoms with Crippen molar-refractivity contribution in [2.24, 2.45) is 0 Å². The number of ether oxygens (including phenoxy) is 1. The maximum Gasteiger partial charge on any atom is 0.411 e. The van der Waals surface area contributed by atoms with Crippen molar-refractivity contribution in [3.05, 3.63) is 0 Å². The molecular weight excluding hydrogens is 257 g/mol. The summed E-state index contributed by atoms with van der Waals surface area (Å²) in [6.45, 7) is 5.06. The van der Waals surface area contributed by atoms with Gasteiger partial charge in [0.15, 0.2) is 0 Å². The molecule has 1 unspecified atom stereocenters. The van der Waals surface area contributed by atoms with Crippen molar-refractivity contribution in [2.75, 3.05) is 39.4 Å². The van der Waals surface area contributed by atoms with E-state index in [4.69, 9.17) is 0 Å². The first-order valence-corrected chi connectivity index (χ1v) is 7.12. The van der Waals surface area contributed by atoms with E-state index in [-0.39, 0.29) is 6.61 Å². The number of nitrogens with zero attached hydrogens (tertiary/aromatic N) is 1. The first kappa shape index (κ1) is 16.7. The molecule has 0 bridgehead atoms. The van der Waals surface area contributed by atoms with Crippen molar-refractivity contribution >= 4 is 0 Å². The van der Waals surface area contributed by atoms with Gasteiger partial charge in [0.2, 0.25) is 0 Å². The Kier molecular flexibility index (Phi) is 7.71. The predicted octanol–water partition coefficient (Wildman–Crippen LogP) is 2.42. The lowest BCUT2D eigenvalue weighted by atomic mass is 10.1. The Bertz CT molecular complexity index is 230. The molecule has 0 saturated carbocycles. The zero-order chi connectivity index (χ0) is 14.1. The average Bonchev–Trinajstić information content (AvgIpc) is 2.37. The molecule has 1 rings (SSSR count). The monoisotopic (exact) mass is 282 g/mol. The standard InChI is InChI=1S/C13H25F3N2O/c1-2-7-18(12-5-3-6-17-10-12)8-4-9-19-11-13(14,15)16/h12,17H,2-11H2,1H3. The molecule has 0 aliphatic carbocycles. The van der Waals surface area contributed by atoms with Crippen LogP contribution < -0.4 is 5.32 Å². The molecule has 114 valence electrons. The van der Waals surface area contributed by atoms with Gasteiger partial charge >= 0.3 is 6.18 Å². The summed E-state index contributed by atoms with van der Waals surface area (Å²) in [4.78, 5) is 2.38. The lowest BCUT2D eigenvalue weighted by molar-refractivity contribution is -0.174. The van der Waals surface area contributed by atoms with E-state index in [9.17, 15) is 13.2 Å². The first-order chi connectivity index (χ1) is 9.03. The second-order valence-corrected chi connectivity index (χ2v) is 5.06. The van der Waals surface area contributed by atoms with Crippen molar-refractivity contribution < 1.29 is 17.9 Å². The maximum atomic E-state index is 11.9. The van der Waals surface area contributed by atoms with Gasteiger partial charge in [-0.1, -0.05) is 6.92 Å². The van der Waals surface area contributed by atoms with Crippen LogP contribution in [0.1, 0.15) is 32.6 Å². The Morgan fingerprint density at radius 2 is 2.11 bits per heavy atom. The van der Waals surface area contributed by atoms with E-state index < -0.39 is 12.8 Å². The Balaban J connectivity index is 2.18. The minimum Gasteiger partial charge on any atom is -0.372 e. The van der Waals surface area contributed by atoms with Gasteiger partial charge in [-0.2, -0.15) is 13.2 Å². The van der Waals surface area contributed by atoms with Crippen LogP contribution in [-0.4, -0.2) is 56.5 Å². The second-order valence-electron chi connectivity index (χ2n) is 5.06. The lowest BCUT2D eigenvalue weighted by Gasteiger charge is -2.34. The minimum atomic E-state index is -4.21. The van der Waals surface area contributed by atoms with Gasteiger partial charge in [-0.05, 0) is 38.8 Å². The number of alkyl halides is 3. The van der Waals surface area contributed by atoms with Crippen LogP contribution in [0.15, 0.2) is 0 Å². The van der Waals surface area contributed by atoms with Gasteiger partial charge in [0.25, 0.3) is 0 Å². The highest BCUT2D eigenvalue weighted by atomic mass is 19.4. The molecule has 0 radical (unpaired) electrons. The fraction of sp³-hybridized carbons (Fsp3) is 1.00.